The van der Waals surface area contributed by atoms with Crippen molar-refractivity contribution in [3.63, 3.8) is 0 Å². The number of rotatable bonds is 4. The Hall–Kier alpha value is -6.50. The predicted octanol–water partition coefficient (Wildman–Crippen LogP) is 16.1. The Balaban J connectivity index is 0.000000222. The molecule has 0 aromatic heterocycles. The summed E-state index contributed by atoms with van der Waals surface area (Å²) in [6.07, 6.45) is 1.10. The van der Waals surface area contributed by atoms with Gasteiger partial charge in [-0.15, -0.1) is 0 Å². The minimum absolute atomic E-state index is 0.293. The quantitative estimate of drug-likeness (QED) is 0.158. The molecule has 12 rings (SSSR count). The summed E-state index contributed by atoms with van der Waals surface area (Å²) >= 11 is 0. The highest BCUT2D eigenvalue weighted by Gasteiger charge is 2.19. The molecule has 2 unspecified atom stereocenters. The van der Waals surface area contributed by atoms with Gasteiger partial charge in [-0.05, 0) is 122 Å². The van der Waals surface area contributed by atoms with Gasteiger partial charge in [0.05, 0.1) is 0 Å². The second-order valence-electron chi connectivity index (χ2n) is 15.7. The summed E-state index contributed by atoms with van der Waals surface area (Å²) < 4.78 is 0. The summed E-state index contributed by atoms with van der Waals surface area (Å²) in [5.41, 5.74) is 11.2. The molecule has 274 valence electrons. The highest BCUT2D eigenvalue weighted by atomic mass is 14.2. The third-order valence-electron chi connectivity index (χ3n) is 12.6. The van der Waals surface area contributed by atoms with Gasteiger partial charge in [0.1, 0.15) is 0 Å². The van der Waals surface area contributed by atoms with Gasteiger partial charge in [-0.1, -0.05) is 204 Å². The van der Waals surface area contributed by atoms with Crippen LogP contribution in [0, 0.1) is 0 Å². The third kappa shape index (κ3) is 5.82. The Kier molecular flexibility index (Phi) is 8.72. The standard InChI is InChI=1S/C42H30.C13H10.C2H6/c1-25(36-22-34-20-18-29-6-3-7-30-19-21-35(23-36)41(34)39(29)30)27-12-14-28(15-13-27)26(2)38-24-33-10-4-8-31-16-17-32-9-5-11-37(38)42(32)40(31)33;1-3-7-12-10(5-1)9-11-6-2-4-8-13(11)12;1-2/h3-26H,1-2H3;1-8H,9H2;1-2H3. The van der Waals surface area contributed by atoms with Gasteiger partial charge >= 0.3 is 0 Å². The SMILES string of the molecule is CC.CC(c1ccc(C(C)c2cc3cccc4ccc5cccc2c5c43)cc1)c1cc2ccc3cccc4ccc(c1)c2c34.c1ccc2c(c1)Cc1ccccc1-2. The molecule has 1 aliphatic rings. The monoisotopic (exact) mass is 730 g/mol. The summed E-state index contributed by atoms with van der Waals surface area (Å²) in [6.45, 7) is 8.70. The second-order valence-corrected chi connectivity index (χ2v) is 15.7. The van der Waals surface area contributed by atoms with Gasteiger partial charge < -0.3 is 0 Å². The van der Waals surface area contributed by atoms with Crippen LogP contribution in [0.25, 0.3) is 75.8 Å². The summed E-state index contributed by atoms with van der Waals surface area (Å²) in [6, 6.07) is 67.7. The molecule has 57 heavy (non-hydrogen) atoms. The van der Waals surface area contributed by atoms with Gasteiger partial charge in [0.15, 0.2) is 0 Å². The van der Waals surface area contributed by atoms with Gasteiger partial charge in [-0.2, -0.15) is 0 Å². The maximum Gasteiger partial charge on any atom is 0.00673 e. The Labute approximate surface area is 335 Å². The van der Waals surface area contributed by atoms with Crippen LogP contribution in [-0.4, -0.2) is 0 Å². The number of hydrogen-bond donors (Lipinski definition) is 0. The molecule has 0 aliphatic heterocycles. The second kappa shape index (κ2) is 14.2. The molecule has 0 fully saturated rings. The zero-order valence-corrected chi connectivity index (χ0v) is 33.2. The first-order valence-corrected chi connectivity index (χ1v) is 20.7. The molecule has 0 bridgehead atoms. The predicted molar refractivity (Wildman–Crippen MR) is 248 cm³/mol. The van der Waals surface area contributed by atoms with Crippen LogP contribution in [0.3, 0.4) is 0 Å². The van der Waals surface area contributed by atoms with Crippen LogP contribution >= 0.6 is 0 Å². The van der Waals surface area contributed by atoms with Crippen molar-refractivity contribution >= 4 is 64.6 Å². The zero-order valence-electron chi connectivity index (χ0n) is 33.2. The van der Waals surface area contributed by atoms with E-state index in [-0.39, 0.29) is 0 Å². The van der Waals surface area contributed by atoms with Crippen molar-refractivity contribution in [1.29, 1.82) is 0 Å². The molecule has 2 atom stereocenters. The van der Waals surface area contributed by atoms with E-state index in [1.165, 1.54) is 109 Å². The summed E-state index contributed by atoms with van der Waals surface area (Å²) in [5.74, 6) is 0.602. The van der Waals surface area contributed by atoms with E-state index >= 15 is 0 Å². The molecule has 1 aliphatic carbocycles. The summed E-state index contributed by atoms with van der Waals surface area (Å²) in [5, 5.41) is 16.2. The molecule has 0 saturated carbocycles. The largest absolute Gasteiger partial charge is 0.0683 e. The van der Waals surface area contributed by atoms with Gasteiger partial charge in [0.25, 0.3) is 0 Å². The number of hydrogen-bond acceptors (Lipinski definition) is 0. The maximum absolute atomic E-state index is 2.43. The van der Waals surface area contributed by atoms with Crippen molar-refractivity contribution in [3.8, 4) is 11.1 Å². The first-order valence-electron chi connectivity index (χ1n) is 20.7. The zero-order chi connectivity index (χ0) is 38.6. The molecule has 0 amide bonds. The molecular weight excluding hydrogens is 685 g/mol. The van der Waals surface area contributed by atoms with E-state index in [9.17, 15) is 0 Å². The van der Waals surface area contributed by atoms with Gasteiger partial charge in [0.2, 0.25) is 0 Å². The lowest BCUT2D eigenvalue weighted by atomic mass is 9.83. The lowest BCUT2D eigenvalue weighted by molar-refractivity contribution is 0.905. The van der Waals surface area contributed by atoms with Crippen LogP contribution in [0.15, 0.2) is 182 Å². The van der Waals surface area contributed by atoms with Crippen LogP contribution in [0.2, 0.25) is 0 Å². The fraction of sp³-hybridized carbons (Fsp3) is 0.123. The number of fused-ring (bicyclic) bond motifs is 3. The van der Waals surface area contributed by atoms with Crippen LogP contribution < -0.4 is 0 Å². The summed E-state index contributed by atoms with van der Waals surface area (Å²) in [7, 11) is 0. The van der Waals surface area contributed by atoms with Crippen molar-refractivity contribution < 1.29 is 0 Å². The van der Waals surface area contributed by atoms with E-state index < -0.39 is 0 Å². The Morgan fingerprint density at radius 2 is 0.737 bits per heavy atom. The van der Waals surface area contributed by atoms with Crippen molar-refractivity contribution in [3.05, 3.63) is 215 Å². The molecule has 0 N–H and O–H groups in total. The minimum atomic E-state index is 0.293. The van der Waals surface area contributed by atoms with Crippen LogP contribution in [0.5, 0.6) is 0 Å². The van der Waals surface area contributed by atoms with Crippen molar-refractivity contribution in [2.45, 2.75) is 46.0 Å². The lowest BCUT2D eigenvalue weighted by Gasteiger charge is -2.20. The van der Waals surface area contributed by atoms with Crippen molar-refractivity contribution in [1.82, 2.24) is 0 Å². The van der Waals surface area contributed by atoms with Crippen molar-refractivity contribution in [2.24, 2.45) is 0 Å². The number of benzene rings is 11. The van der Waals surface area contributed by atoms with Crippen LogP contribution in [0.4, 0.5) is 0 Å². The van der Waals surface area contributed by atoms with E-state index in [1.54, 1.807) is 0 Å². The Morgan fingerprint density at radius 3 is 1.30 bits per heavy atom. The Bertz CT molecular complexity index is 3090. The van der Waals surface area contributed by atoms with Crippen LogP contribution in [-0.2, 0) is 6.42 Å². The fourth-order valence-corrected chi connectivity index (χ4v) is 9.70. The molecule has 0 nitrogen and oxygen atoms in total. The van der Waals surface area contributed by atoms with Crippen LogP contribution in [0.1, 0.15) is 72.9 Å². The third-order valence-corrected chi connectivity index (χ3v) is 12.6. The summed E-state index contributed by atoms with van der Waals surface area (Å²) in [4.78, 5) is 0. The smallest absolute Gasteiger partial charge is 0.00673 e. The van der Waals surface area contributed by atoms with E-state index in [1.807, 2.05) is 13.8 Å². The molecule has 0 heterocycles. The van der Waals surface area contributed by atoms with E-state index in [0.717, 1.165) is 6.42 Å². The highest BCUT2D eigenvalue weighted by Crippen LogP contribution is 2.42. The fourth-order valence-electron chi connectivity index (χ4n) is 9.70. The highest BCUT2D eigenvalue weighted by molar-refractivity contribution is 6.24. The lowest BCUT2D eigenvalue weighted by Crippen LogP contribution is -2.01. The van der Waals surface area contributed by atoms with E-state index in [4.69, 9.17) is 0 Å². The van der Waals surface area contributed by atoms with Gasteiger partial charge in [-0.25, -0.2) is 0 Å². The topological polar surface area (TPSA) is 0 Å². The average Bonchev–Trinajstić information content (AvgIpc) is 3.66. The van der Waals surface area contributed by atoms with Gasteiger partial charge in [-0.3, -0.25) is 0 Å². The molecule has 0 spiro atoms. The minimum Gasteiger partial charge on any atom is -0.0683 e. The molecule has 0 heteroatoms. The first-order chi connectivity index (χ1) is 28.1. The van der Waals surface area contributed by atoms with E-state index in [0.29, 0.717) is 11.8 Å². The van der Waals surface area contributed by atoms with Crippen molar-refractivity contribution in [2.75, 3.05) is 0 Å². The first kappa shape index (κ1) is 35.0. The molecule has 0 saturated heterocycles. The average molecular weight is 731 g/mol. The van der Waals surface area contributed by atoms with Gasteiger partial charge in [0, 0.05) is 11.8 Å². The molecule has 11 aromatic rings. The molecule has 11 aromatic carbocycles. The van der Waals surface area contributed by atoms with E-state index in [2.05, 4.69) is 196 Å². The molecule has 0 radical (unpaired) electrons. The maximum atomic E-state index is 2.43. The normalized spacial score (nSPS) is 13.1. The molecular formula is C57H46. The Morgan fingerprint density at radius 1 is 0.333 bits per heavy atom.